The standard InChI is InChI=1S/C37H37NO6/c1-22-6-14-28(15-7-22)35(39)31-18-32-30(19-33(31)43-5)34(36(40)29-16-8-23(2)9-17-29)24(3)38(32)20-26-10-12-27(13-11-26)21-44-25(4)37(41)42/h6-19,24-25,34H,20-21H2,1-5H3,(H,41,42)/t24?,25-,34?/m1/s1. The molecule has 44 heavy (non-hydrogen) atoms. The molecule has 0 saturated carbocycles. The molecule has 1 aliphatic rings. The third-order valence-corrected chi connectivity index (χ3v) is 8.37. The highest BCUT2D eigenvalue weighted by Gasteiger charge is 2.41. The Balaban J connectivity index is 1.52. The minimum atomic E-state index is -1.00. The summed E-state index contributed by atoms with van der Waals surface area (Å²) in [6.07, 6.45) is -0.895. The van der Waals surface area contributed by atoms with Gasteiger partial charge >= 0.3 is 5.97 Å². The number of ketones is 2. The minimum Gasteiger partial charge on any atom is -0.496 e. The van der Waals surface area contributed by atoms with Crippen LogP contribution in [0.4, 0.5) is 5.69 Å². The van der Waals surface area contributed by atoms with Gasteiger partial charge in [0.15, 0.2) is 17.7 Å². The maximum Gasteiger partial charge on any atom is 0.332 e. The van der Waals surface area contributed by atoms with Gasteiger partial charge in [-0.05, 0) is 56.5 Å². The smallest absolute Gasteiger partial charge is 0.332 e. The van der Waals surface area contributed by atoms with Gasteiger partial charge in [0.2, 0.25) is 0 Å². The lowest BCUT2D eigenvalue weighted by Crippen LogP contribution is -2.34. The van der Waals surface area contributed by atoms with E-state index < -0.39 is 18.0 Å². The number of carbonyl (C=O) groups is 3. The first kappa shape index (κ1) is 30.7. The van der Waals surface area contributed by atoms with Crippen molar-refractivity contribution in [2.24, 2.45) is 0 Å². The summed E-state index contributed by atoms with van der Waals surface area (Å²) >= 11 is 0. The molecule has 5 rings (SSSR count). The maximum atomic E-state index is 14.0. The van der Waals surface area contributed by atoms with E-state index in [1.807, 2.05) is 106 Å². The fraction of sp³-hybridized carbons (Fsp3) is 0.270. The normalized spacial score (nSPS) is 16.3. The number of fused-ring (bicyclic) bond motifs is 1. The van der Waals surface area contributed by atoms with Crippen LogP contribution < -0.4 is 9.64 Å². The highest BCUT2D eigenvalue weighted by atomic mass is 16.5. The van der Waals surface area contributed by atoms with E-state index in [2.05, 4.69) is 4.90 Å². The molecule has 4 aromatic carbocycles. The molecule has 1 heterocycles. The van der Waals surface area contributed by atoms with Crippen LogP contribution in [-0.2, 0) is 22.7 Å². The minimum absolute atomic E-state index is 0.0148. The predicted octanol–water partition coefficient (Wildman–Crippen LogP) is 6.91. The molecular weight excluding hydrogens is 554 g/mol. The second-order valence-corrected chi connectivity index (χ2v) is 11.5. The molecule has 0 fully saturated rings. The first-order chi connectivity index (χ1) is 21.1. The van der Waals surface area contributed by atoms with Gasteiger partial charge in [-0.15, -0.1) is 0 Å². The number of hydrogen-bond donors (Lipinski definition) is 1. The Morgan fingerprint density at radius 1 is 0.841 bits per heavy atom. The highest BCUT2D eigenvalue weighted by Crippen LogP contribution is 2.46. The lowest BCUT2D eigenvalue weighted by molar-refractivity contribution is -0.149. The molecular formula is C37H37NO6. The number of methoxy groups -OCH3 is 1. The average molecular weight is 592 g/mol. The number of aryl methyl sites for hydroxylation is 2. The number of carbonyl (C=O) groups excluding carboxylic acids is 2. The van der Waals surface area contributed by atoms with E-state index in [1.54, 1.807) is 7.11 Å². The van der Waals surface area contributed by atoms with Crippen LogP contribution in [0, 0.1) is 13.8 Å². The van der Waals surface area contributed by atoms with Crippen LogP contribution in [-0.4, -0.2) is 41.9 Å². The molecule has 0 amide bonds. The van der Waals surface area contributed by atoms with Crippen molar-refractivity contribution >= 4 is 23.2 Å². The molecule has 1 N–H and O–H groups in total. The topological polar surface area (TPSA) is 93.1 Å². The lowest BCUT2D eigenvalue weighted by Gasteiger charge is -2.27. The summed E-state index contributed by atoms with van der Waals surface area (Å²) < 4.78 is 11.2. The van der Waals surface area contributed by atoms with Gasteiger partial charge in [-0.25, -0.2) is 4.79 Å². The molecule has 0 radical (unpaired) electrons. The summed E-state index contributed by atoms with van der Waals surface area (Å²) in [7, 11) is 1.54. The van der Waals surface area contributed by atoms with Gasteiger partial charge in [0.1, 0.15) is 5.75 Å². The number of rotatable bonds is 11. The van der Waals surface area contributed by atoms with Gasteiger partial charge < -0.3 is 19.5 Å². The number of nitrogens with zero attached hydrogens (tertiary/aromatic N) is 1. The molecule has 0 saturated heterocycles. The van der Waals surface area contributed by atoms with E-state index in [0.29, 0.717) is 29.0 Å². The number of benzene rings is 4. The molecule has 2 unspecified atom stereocenters. The summed E-state index contributed by atoms with van der Waals surface area (Å²) in [6.45, 7) is 8.21. The van der Waals surface area contributed by atoms with E-state index in [4.69, 9.17) is 14.6 Å². The van der Waals surface area contributed by atoms with Crippen molar-refractivity contribution in [1.29, 1.82) is 0 Å². The van der Waals surface area contributed by atoms with Gasteiger partial charge in [0.05, 0.1) is 25.2 Å². The molecule has 1 aliphatic heterocycles. The zero-order valence-corrected chi connectivity index (χ0v) is 25.7. The van der Waals surface area contributed by atoms with E-state index in [1.165, 1.54) is 6.92 Å². The number of aliphatic carboxylic acids is 1. The first-order valence-corrected chi connectivity index (χ1v) is 14.7. The molecule has 0 aliphatic carbocycles. The van der Waals surface area contributed by atoms with E-state index >= 15 is 0 Å². The van der Waals surface area contributed by atoms with Crippen molar-refractivity contribution in [3.63, 3.8) is 0 Å². The number of hydrogen-bond acceptors (Lipinski definition) is 6. The summed E-state index contributed by atoms with van der Waals surface area (Å²) in [6, 6.07) is 26.4. The quantitative estimate of drug-likeness (QED) is 0.190. The Labute approximate surface area is 258 Å². The Morgan fingerprint density at radius 2 is 1.41 bits per heavy atom. The van der Waals surface area contributed by atoms with Crippen LogP contribution in [0.25, 0.3) is 0 Å². The van der Waals surface area contributed by atoms with Crippen molar-refractivity contribution in [1.82, 2.24) is 0 Å². The van der Waals surface area contributed by atoms with Crippen molar-refractivity contribution in [2.75, 3.05) is 12.0 Å². The Morgan fingerprint density at radius 3 is 1.98 bits per heavy atom. The zero-order chi connectivity index (χ0) is 31.5. The SMILES string of the molecule is COc1cc2c(cc1C(=O)c1ccc(C)cc1)N(Cc1ccc(CO[C@H](C)C(=O)O)cc1)C(C)C2C(=O)c1ccc(C)cc1. The fourth-order valence-corrected chi connectivity index (χ4v) is 5.66. The van der Waals surface area contributed by atoms with Crippen LogP contribution in [0.3, 0.4) is 0 Å². The Hall–Kier alpha value is -4.75. The van der Waals surface area contributed by atoms with Crippen molar-refractivity contribution in [3.05, 3.63) is 129 Å². The predicted molar refractivity (Wildman–Crippen MR) is 170 cm³/mol. The lowest BCUT2D eigenvalue weighted by atomic mass is 9.86. The third kappa shape index (κ3) is 6.29. The van der Waals surface area contributed by atoms with E-state index in [0.717, 1.165) is 33.5 Å². The summed E-state index contributed by atoms with van der Waals surface area (Å²) in [5.41, 5.74) is 7.30. The number of Topliss-reactive ketones (excluding diaryl/α,β-unsaturated/α-hetero) is 1. The number of carboxylic acid groups (broad SMARTS) is 1. The monoisotopic (exact) mass is 591 g/mol. The molecule has 7 heteroatoms. The van der Waals surface area contributed by atoms with Crippen LogP contribution in [0.1, 0.15) is 73.9 Å². The maximum absolute atomic E-state index is 14.0. The largest absolute Gasteiger partial charge is 0.496 e. The van der Waals surface area contributed by atoms with Crippen LogP contribution in [0.5, 0.6) is 5.75 Å². The van der Waals surface area contributed by atoms with Gasteiger partial charge in [-0.3, -0.25) is 9.59 Å². The number of carboxylic acids is 1. The Bertz CT molecular complexity index is 1680. The first-order valence-electron chi connectivity index (χ1n) is 14.7. The molecule has 7 nitrogen and oxygen atoms in total. The molecule has 0 bridgehead atoms. The average Bonchev–Trinajstić information content (AvgIpc) is 3.29. The van der Waals surface area contributed by atoms with Crippen LogP contribution >= 0.6 is 0 Å². The second kappa shape index (κ2) is 12.9. The van der Waals surface area contributed by atoms with Gasteiger partial charge in [0, 0.05) is 29.4 Å². The zero-order valence-electron chi connectivity index (χ0n) is 25.7. The van der Waals surface area contributed by atoms with Gasteiger partial charge in [-0.1, -0.05) is 83.9 Å². The number of ether oxygens (including phenoxy) is 2. The van der Waals surface area contributed by atoms with E-state index in [-0.39, 0.29) is 24.2 Å². The van der Waals surface area contributed by atoms with Crippen LogP contribution in [0.15, 0.2) is 84.9 Å². The number of anilines is 1. The molecule has 0 aromatic heterocycles. The summed E-state index contributed by atoms with van der Waals surface area (Å²) in [4.78, 5) is 41.0. The van der Waals surface area contributed by atoms with Crippen LogP contribution in [0.2, 0.25) is 0 Å². The molecule has 0 spiro atoms. The summed E-state index contributed by atoms with van der Waals surface area (Å²) in [5, 5.41) is 9.09. The van der Waals surface area contributed by atoms with Crippen molar-refractivity contribution < 1.29 is 29.0 Å². The van der Waals surface area contributed by atoms with Crippen molar-refractivity contribution in [3.8, 4) is 5.75 Å². The van der Waals surface area contributed by atoms with E-state index in [9.17, 15) is 14.4 Å². The highest BCUT2D eigenvalue weighted by molar-refractivity contribution is 6.12. The van der Waals surface area contributed by atoms with Crippen molar-refractivity contribution in [2.45, 2.75) is 58.9 Å². The third-order valence-electron chi connectivity index (χ3n) is 8.37. The molecule has 4 aromatic rings. The Kier molecular flexibility index (Phi) is 8.97. The second-order valence-electron chi connectivity index (χ2n) is 11.5. The van der Waals surface area contributed by atoms with Gasteiger partial charge in [-0.2, -0.15) is 0 Å². The molecule has 3 atom stereocenters. The van der Waals surface area contributed by atoms with Gasteiger partial charge in [0.25, 0.3) is 0 Å². The molecule has 226 valence electrons. The summed E-state index contributed by atoms with van der Waals surface area (Å²) in [5.74, 6) is -1.17. The fourth-order valence-electron chi connectivity index (χ4n) is 5.66.